The molecule has 72 valence electrons. The summed E-state index contributed by atoms with van der Waals surface area (Å²) in [5.41, 5.74) is 2.25. The molecule has 0 unspecified atom stereocenters. The second kappa shape index (κ2) is 3.99. The molecule has 13 heavy (non-hydrogen) atoms. The summed E-state index contributed by atoms with van der Waals surface area (Å²) in [6.07, 6.45) is 1.14. The Morgan fingerprint density at radius 1 is 1.46 bits per heavy atom. The van der Waals surface area contributed by atoms with Crippen LogP contribution in [-0.2, 0) is 0 Å². The van der Waals surface area contributed by atoms with Crippen LogP contribution in [0.5, 0.6) is 5.75 Å². The van der Waals surface area contributed by atoms with Crippen LogP contribution in [0, 0.1) is 6.92 Å². The van der Waals surface area contributed by atoms with Crippen molar-refractivity contribution < 1.29 is 5.11 Å². The minimum atomic E-state index is 0. The smallest absolute Gasteiger partial charge is 0.120 e. The lowest BCUT2D eigenvalue weighted by Gasteiger charge is -2.28. The minimum absolute atomic E-state index is 0. The molecule has 0 bridgehead atoms. The first kappa shape index (κ1) is 10.4. The van der Waals surface area contributed by atoms with Crippen molar-refractivity contribution in [1.29, 1.82) is 0 Å². The van der Waals surface area contributed by atoms with E-state index in [1.807, 2.05) is 19.1 Å². The van der Waals surface area contributed by atoms with Crippen LogP contribution in [0.15, 0.2) is 18.2 Å². The van der Waals surface area contributed by atoms with E-state index < -0.39 is 0 Å². The first-order chi connectivity index (χ1) is 5.77. The van der Waals surface area contributed by atoms with Crippen molar-refractivity contribution in [2.75, 3.05) is 6.54 Å². The van der Waals surface area contributed by atoms with Gasteiger partial charge in [0.05, 0.1) is 0 Å². The van der Waals surface area contributed by atoms with Gasteiger partial charge in [0.15, 0.2) is 0 Å². The number of nitrogens with one attached hydrogen (secondary N) is 1. The molecule has 1 aliphatic heterocycles. The lowest BCUT2D eigenvalue weighted by atomic mass is 9.96. The van der Waals surface area contributed by atoms with Gasteiger partial charge in [-0.3, -0.25) is 0 Å². The van der Waals surface area contributed by atoms with Crippen LogP contribution in [-0.4, -0.2) is 11.7 Å². The summed E-state index contributed by atoms with van der Waals surface area (Å²) in [6.45, 7) is 3.11. The van der Waals surface area contributed by atoms with Crippen LogP contribution in [0.3, 0.4) is 0 Å². The summed E-state index contributed by atoms with van der Waals surface area (Å²) >= 11 is 0. The zero-order valence-electron chi connectivity index (χ0n) is 7.58. The Labute approximate surface area is 84.4 Å². The number of aryl methyl sites for hydroxylation is 1. The van der Waals surface area contributed by atoms with Gasteiger partial charge in [-0.25, -0.2) is 0 Å². The van der Waals surface area contributed by atoms with Gasteiger partial charge in [-0.2, -0.15) is 0 Å². The van der Waals surface area contributed by atoms with Gasteiger partial charge in [-0.15, -0.1) is 12.4 Å². The van der Waals surface area contributed by atoms with Gasteiger partial charge in [0.25, 0.3) is 0 Å². The van der Waals surface area contributed by atoms with Gasteiger partial charge in [-0.1, -0.05) is 17.7 Å². The van der Waals surface area contributed by atoms with Gasteiger partial charge < -0.3 is 10.4 Å². The third-order valence-electron chi connectivity index (χ3n) is 2.38. The maximum atomic E-state index is 9.53. The summed E-state index contributed by atoms with van der Waals surface area (Å²) in [5, 5.41) is 12.8. The number of rotatable bonds is 1. The fourth-order valence-corrected chi connectivity index (χ4v) is 1.51. The molecule has 0 aliphatic carbocycles. The van der Waals surface area contributed by atoms with E-state index in [9.17, 15) is 5.11 Å². The van der Waals surface area contributed by atoms with Crippen LogP contribution >= 0.6 is 12.4 Å². The normalized spacial score (nSPS) is 20.2. The van der Waals surface area contributed by atoms with Gasteiger partial charge in [0.2, 0.25) is 0 Å². The van der Waals surface area contributed by atoms with E-state index in [2.05, 4.69) is 5.32 Å². The maximum Gasteiger partial charge on any atom is 0.120 e. The summed E-state index contributed by atoms with van der Waals surface area (Å²) in [4.78, 5) is 0. The molecule has 0 amide bonds. The summed E-state index contributed by atoms with van der Waals surface area (Å²) in [7, 11) is 0. The molecule has 1 fully saturated rings. The number of hydrogen-bond acceptors (Lipinski definition) is 2. The average Bonchev–Trinajstić information content (AvgIpc) is 1.93. The summed E-state index contributed by atoms with van der Waals surface area (Å²) < 4.78 is 0. The quantitative estimate of drug-likeness (QED) is 0.727. The maximum absolute atomic E-state index is 9.53. The molecule has 0 saturated carbocycles. The van der Waals surface area contributed by atoms with E-state index in [0.29, 0.717) is 11.8 Å². The van der Waals surface area contributed by atoms with Gasteiger partial charge in [-0.05, 0) is 26.0 Å². The Morgan fingerprint density at radius 2 is 2.15 bits per heavy atom. The highest BCUT2D eigenvalue weighted by Crippen LogP contribution is 2.30. The van der Waals surface area contributed by atoms with E-state index in [4.69, 9.17) is 0 Å². The number of aromatic hydroxyl groups is 1. The molecule has 0 aromatic heterocycles. The zero-order chi connectivity index (χ0) is 8.55. The third-order valence-corrected chi connectivity index (χ3v) is 2.38. The molecule has 0 radical (unpaired) electrons. The standard InChI is InChI=1S/C10H13NO.ClH/c1-7-2-3-10(12)8(6-7)9-4-5-11-9;/h2-3,6,9,11-12H,4-5H2,1H3;1H/t9-;/m1./s1. The van der Waals surface area contributed by atoms with E-state index in [1.54, 1.807) is 6.07 Å². The van der Waals surface area contributed by atoms with E-state index in [0.717, 1.165) is 18.5 Å². The van der Waals surface area contributed by atoms with Crippen molar-refractivity contribution in [2.45, 2.75) is 19.4 Å². The average molecular weight is 200 g/mol. The van der Waals surface area contributed by atoms with Crippen LogP contribution in [0.2, 0.25) is 0 Å². The lowest BCUT2D eigenvalue weighted by molar-refractivity contribution is 0.364. The van der Waals surface area contributed by atoms with Crippen LogP contribution in [0.4, 0.5) is 0 Å². The number of phenolic OH excluding ortho intramolecular Hbond substituents is 1. The molecule has 2 N–H and O–H groups in total. The topological polar surface area (TPSA) is 32.3 Å². The Balaban J connectivity index is 0.000000845. The highest BCUT2D eigenvalue weighted by atomic mass is 35.5. The van der Waals surface area contributed by atoms with Crippen molar-refractivity contribution in [3.8, 4) is 5.75 Å². The Hall–Kier alpha value is -0.730. The molecular formula is C10H14ClNO. The fourth-order valence-electron chi connectivity index (χ4n) is 1.51. The predicted molar refractivity (Wildman–Crippen MR) is 55.5 cm³/mol. The molecule has 2 rings (SSSR count). The number of hydrogen-bond donors (Lipinski definition) is 2. The largest absolute Gasteiger partial charge is 0.508 e. The molecule has 1 atom stereocenters. The molecule has 2 nitrogen and oxygen atoms in total. The molecule has 1 aromatic carbocycles. The zero-order valence-corrected chi connectivity index (χ0v) is 8.40. The predicted octanol–water partition coefficient (Wildman–Crippen LogP) is 2.16. The number of benzene rings is 1. The minimum Gasteiger partial charge on any atom is -0.508 e. The molecular weight excluding hydrogens is 186 g/mol. The van der Waals surface area contributed by atoms with Crippen LogP contribution in [0.1, 0.15) is 23.6 Å². The third kappa shape index (κ3) is 1.95. The van der Waals surface area contributed by atoms with Crippen molar-refractivity contribution in [2.24, 2.45) is 0 Å². The van der Waals surface area contributed by atoms with Crippen molar-refractivity contribution in [3.63, 3.8) is 0 Å². The molecule has 0 spiro atoms. The highest BCUT2D eigenvalue weighted by Gasteiger charge is 2.20. The van der Waals surface area contributed by atoms with Gasteiger partial charge in [0, 0.05) is 11.6 Å². The molecule has 1 aliphatic rings. The first-order valence-corrected chi connectivity index (χ1v) is 4.30. The molecule has 1 saturated heterocycles. The second-order valence-corrected chi connectivity index (χ2v) is 3.36. The van der Waals surface area contributed by atoms with E-state index in [1.165, 1.54) is 5.56 Å². The second-order valence-electron chi connectivity index (χ2n) is 3.36. The van der Waals surface area contributed by atoms with Crippen LogP contribution < -0.4 is 5.32 Å². The number of halogens is 1. The monoisotopic (exact) mass is 199 g/mol. The fraction of sp³-hybridized carbons (Fsp3) is 0.400. The van der Waals surface area contributed by atoms with Crippen molar-refractivity contribution >= 4 is 12.4 Å². The van der Waals surface area contributed by atoms with E-state index in [-0.39, 0.29) is 12.4 Å². The molecule has 1 heterocycles. The number of phenols is 1. The molecule has 3 heteroatoms. The summed E-state index contributed by atoms with van der Waals surface area (Å²) in [6, 6.07) is 6.12. The Bertz CT molecular complexity index is 297. The highest BCUT2D eigenvalue weighted by molar-refractivity contribution is 5.85. The lowest BCUT2D eigenvalue weighted by Crippen LogP contribution is -2.34. The molecule has 1 aromatic rings. The SMILES string of the molecule is Cc1ccc(O)c([C@H]2CCN2)c1.Cl. The Morgan fingerprint density at radius 3 is 2.69 bits per heavy atom. The first-order valence-electron chi connectivity index (χ1n) is 4.30. The van der Waals surface area contributed by atoms with E-state index >= 15 is 0 Å². The van der Waals surface area contributed by atoms with Gasteiger partial charge >= 0.3 is 0 Å². The van der Waals surface area contributed by atoms with Crippen molar-refractivity contribution in [1.82, 2.24) is 5.32 Å². The summed E-state index contributed by atoms with van der Waals surface area (Å²) in [5.74, 6) is 0.415. The van der Waals surface area contributed by atoms with Crippen molar-refractivity contribution in [3.05, 3.63) is 29.3 Å². The Kier molecular flexibility index (Phi) is 3.17. The van der Waals surface area contributed by atoms with Crippen LogP contribution in [0.25, 0.3) is 0 Å². The van der Waals surface area contributed by atoms with Gasteiger partial charge in [0.1, 0.15) is 5.75 Å².